The molecule has 11 heteroatoms. The first kappa shape index (κ1) is 23.7. The zero-order valence-electron chi connectivity index (χ0n) is 19.5. The normalized spacial score (nSPS) is 22.1. The average Bonchev–Trinajstić information content (AvgIpc) is 3.49. The highest BCUT2D eigenvalue weighted by Crippen LogP contribution is 2.31. The molecule has 0 saturated carbocycles. The molecular weight excluding hydrogens is 463 g/mol. The number of nitrogens with zero attached hydrogens (tertiary/aromatic N) is 4. The molecule has 2 unspecified atom stereocenters. The zero-order valence-corrected chi connectivity index (χ0v) is 19.5. The highest BCUT2D eigenvalue weighted by atomic mass is 19.4. The van der Waals surface area contributed by atoms with Crippen LogP contribution >= 0.6 is 0 Å². The van der Waals surface area contributed by atoms with Crippen molar-refractivity contribution < 1.29 is 27.5 Å². The van der Waals surface area contributed by atoms with E-state index in [2.05, 4.69) is 10.4 Å². The molecule has 3 aliphatic heterocycles. The summed E-state index contributed by atoms with van der Waals surface area (Å²) in [5.74, 6) is -0.0872. The number of hydrogen-bond donors (Lipinski definition) is 1. The molecule has 0 radical (unpaired) electrons. The molecule has 1 aromatic carbocycles. The lowest BCUT2D eigenvalue weighted by Gasteiger charge is -2.22. The van der Waals surface area contributed by atoms with E-state index < -0.39 is 17.8 Å². The summed E-state index contributed by atoms with van der Waals surface area (Å²) in [4.78, 5) is 29.3. The van der Waals surface area contributed by atoms with Crippen LogP contribution in [-0.2, 0) is 30.6 Å². The Morgan fingerprint density at radius 3 is 2.77 bits per heavy atom. The molecule has 0 bridgehead atoms. The van der Waals surface area contributed by atoms with E-state index in [-0.39, 0.29) is 30.7 Å². The fourth-order valence-corrected chi connectivity index (χ4v) is 5.33. The van der Waals surface area contributed by atoms with Gasteiger partial charge in [0.1, 0.15) is 6.61 Å². The van der Waals surface area contributed by atoms with Gasteiger partial charge in [0, 0.05) is 31.7 Å². The molecular formula is C24H28F3N5O3. The predicted molar refractivity (Wildman–Crippen MR) is 119 cm³/mol. The maximum atomic E-state index is 13.1. The van der Waals surface area contributed by atoms with Gasteiger partial charge in [0.2, 0.25) is 0 Å². The van der Waals surface area contributed by atoms with Gasteiger partial charge in [-0.25, -0.2) is 4.79 Å². The molecule has 188 valence electrons. The molecule has 2 amide bonds. The topological polar surface area (TPSA) is 79.7 Å². The predicted octanol–water partition coefficient (Wildman–Crippen LogP) is 3.33. The number of ether oxygens (including phenoxy) is 1. The van der Waals surface area contributed by atoms with Crippen molar-refractivity contribution in [2.45, 2.75) is 64.1 Å². The Morgan fingerprint density at radius 2 is 1.97 bits per heavy atom. The van der Waals surface area contributed by atoms with Gasteiger partial charge in [-0.2, -0.15) is 18.3 Å². The van der Waals surface area contributed by atoms with Crippen LogP contribution in [0, 0.1) is 6.92 Å². The average molecular weight is 492 g/mol. The monoisotopic (exact) mass is 491 g/mol. The number of aromatic nitrogens is 2. The number of fused-ring (bicyclic) bond motifs is 2. The van der Waals surface area contributed by atoms with Crippen molar-refractivity contribution in [1.29, 1.82) is 0 Å². The highest BCUT2D eigenvalue weighted by Gasteiger charge is 2.41. The quantitative estimate of drug-likeness (QED) is 0.713. The van der Waals surface area contributed by atoms with Crippen molar-refractivity contribution in [3.8, 4) is 0 Å². The first-order valence-corrected chi connectivity index (χ1v) is 11.9. The Balaban J connectivity index is 1.24. The number of hydrogen-bond acceptors (Lipinski definition) is 5. The summed E-state index contributed by atoms with van der Waals surface area (Å²) in [7, 11) is 0. The molecule has 1 N–H and O–H groups in total. The first-order chi connectivity index (χ1) is 16.7. The lowest BCUT2D eigenvalue weighted by molar-refractivity contribution is -0.137. The van der Waals surface area contributed by atoms with Crippen LogP contribution in [0.3, 0.4) is 0 Å². The molecule has 0 aliphatic carbocycles. The summed E-state index contributed by atoms with van der Waals surface area (Å²) >= 11 is 0. The van der Waals surface area contributed by atoms with Crippen LogP contribution < -0.4 is 5.32 Å². The molecule has 8 nitrogen and oxygen atoms in total. The van der Waals surface area contributed by atoms with Crippen molar-refractivity contribution >= 4 is 12.0 Å². The van der Waals surface area contributed by atoms with Gasteiger partial charge in [-0.1, -0.05) is 11.6 Å². The van der Waals surface area contributed by atoms with Crippen molar-refractivity contribution in [3.05, 3.63) is 52.3 Å². The second kappa shape index (κ2) is 9.18. The Bertz CT molecular complexity index is 1130. The van der Waals surface area contributed by atoms with Crippen molar-refractivity contribution in [2.24, 2.45) is 0 Å². The maximum Gasteiger partial charge on any atom is 0.416 e. The van der Waals surface area contributed by atoms with E-state index in [4.69, 9.17) is 4.74 Å². The zero-order chi connectivity index (χ0) is 24.7. The van der Waals surface area contributed by atoms with Crippen LogP contribution in [-0.4, -0.2) is 63.3 Å². The molecule has 5 rings (SSSR count). The number of carbonyl (C=O) groups is 2. The lowest BCUT2D eigenvalue weighted by atomic mass is 10.1. The van der Waals surface area contributed by atoms with Crippen LogP contribution in [0.4, 0.5) is 18.0 Å². The minimum absolute atomic E-state index is 0.0872. The number of rotatable bonds is 3. The number of benzene rings is 1. The summed E-state index contributed by atoms with van der Waals surface area (Å²) in [6, 6.07) is 5.92. The molecule has 35 heavy (non-hydrogen) atoms. The van der Waals surface area contributed by atoms with Gasteiger partial charge in [0.25, 0.3) is 5.91 Å². The van der Waals surface area contributed by atoms with Gasteiger partial charge in [0.15, 0.2) is 5.69 Å². The number of aryl methyl sites for hydroxylation is 2. The van der Waals surface area contributed by atoms with Gasteiger partial charge in [-0.15, -0.1) is 0 Å². The molecule has 3 aliphatic rings. The standard InChI is InChI=1S/C24H28F3N5O3/c1-15-9-16(11-17(10-15)24(25,26)27)14-35-23(34)30-6-2-7-32-18(13-30)12-20(29-32)22(33)31-8-4-19-21(31)3-5-28-19/h9-12,19,21,28H,2-8,13-14H2,1H3. The van der Waals surface area contributed by atoms with Crippen molar-refractivity contribution in [1.82, 2.24) is 24.9 Å². The van der Waals surface area contributed by atoms with E-state index in [1.54, 1.807) is 23.7 Å². The number of alkyl halides is 3. The number of amides is 2. The van der Waals surface area contributed by atoms with Crippen LogP contribution in [0.5, 0.6) is 0 Å². The first-order valence-electron chi connectivity index (χ1n) is 11.9. The van der Waals surface area contributed by atoms with E-state index in [0.717, 1.165) is 37.2 Å². The summed E-state index contributed by atoms with van der Waals surface area (Å²) < 4.78 is 46.4. The molecule has 0 spiro atoms. The number of nitrogens with one attached hydrogen (secondary N) is 1. The summed E-state index contributed by atoms with van der Waals surface area (Å²) in [6.45, 7) is 4.14. The Morgan fingerprint density at radius 1 is 1.14 bits per heavy atom. The number of halogens is 3. The van der Waals surface area contributed by atoms with Gasteiger partial charge < -0.3 is 19.9 Å². The molecule has 2 aromatic rings. The molecule has 4 heterocycles. The van der Waals surface area contributed by atoms with Gasteiger partial charge in [-0.3, -0.25) is 9.48 Å². The fraction of sp³-hybridized carbons (Fsp3) is 0.542. The third-order valence-corrected chi connectivity index (χ3v) is 6.97. The van der Waals surface area contributed by atoms with Gasteiger partial charge in [0.05, 0.1) is 17.8 Å². The maximum absolute atomic E-state index is 13.1. The van der Waals surface area contributed by atoms with E-state index in [9.17, 15) is 22.8 Å². The third-order valence-electron chi connectivity index (χ3n) is 6.97. The highest BCUT2D eigenvalue weighted by molar-refractivity contribution is 5.93. The fourth-order valence-electron chi connectivity index (χ4n) is 5.33. The van der Waals surface area contributed by atoms with Gasteiger partial charge >= 0.3 is 12.3 Å². The van der Waals surface area contributed by atoms with Crippen molar-refractivity contribution in [2.75, 3.05) is 19.6 Å². The Labute approximate surface area is 201 Å². The molecule has 2 fully saturated rings. The van der Waals surface area contributed by atoms with Crippen molar-refractivity contribution in [3.63, 3.8) is 0 Å². The van der Waals surface area contributed by atoms with Crippen LogP contribution in [0.2, 0.25) is 0 Å². The molecule has 1 aromatic heterocycles. The van der Waals surface area contributed by atoms with E-state index >= 15 is 0 Å². The lowest BCUT2D eigenvalue weighted by Crippen LogP contribution is -2.38. The Hall–Kier alpha value is -3.08. The number of carbonyl (C=O) groups excluding carboxylic acids is 2. The minimum atomic E-state index is -4.46. The van der Waals surface area contributed by atoms with E-state index in [0.29, 0.717) is 43.4 Å². The van der Waals surface area contributed by atoms with E-state index in [1.165, 1.54) is 4.90 Å². The van der Waals surface area contributed by atoms with Crippen LogP contribution in [0.1, 0.15) is 52.1 Å². The third kappa shape index (κ3) is 4.86. The molecule has 2 atom stereocenters. The summed E-state index contributed by atoms with van der Waals surface area (Å²) in [6.07, 6.45) is -2.57. The van der Waals surface area contributed by atoms with E-state index in [1.807, 2.05) is 4.90 Å². The molecule has 2 saturated heterocycles. The largest absolute Gasteiger partial charge is 0.445 e. The SMILES string of the molecule is Cc1cc(COC(=O)N2CCCn3nc(C(=O)N4CCC5NCCC54)cc3C2)cc(C(F)(F)F)c1. The summed E-state index contributed by atoms with van der Waals surface area (Å²) in [5.41, 5.74) is 1.07. The minimum Gasteiger partial charge on any atom is -0.445 e. The second-order valence-electron chi connectivity index (χ2n) is 9.48. The Kier molecular flexibility index (Phi) is 6.20. The van der Waals surface area contributed by atoms with Gasteiger partial charge in [-0.05, 0) is 56.5 Å². The second-order valence-corrected chi connectivity index (χ2v) is 9.48. The smallest absolute Gasteiger partial charge is 0.416 e. The van der Waals surface area contributed by atoms with Crippen LogP contribution in [0.25, 0.3) is 0 Å². The number of likely N-dealkylation sites (tertiary alicyclic amines) is 1. The summed E-state index contributed by atoms with van der Waals surface area (Å²) in [5, 5.41) is 7.95. The van der Waals surface area contributed by atoms with Crippen LogP contribution in [0.15, 0.2) is 24.3 Å².